The van der Waals surface area contributed by atoms with Gasteiger partial charge in [0.1, 0.15) is 0 Å². The van der Waals surface area contributed by atoms with Gasteiger partial charge in [0.05, 0.1) is 11.7 Å². The molecule has 1 heteroatoms. The molecule has 0 aromatic heterocycles. The lowest BCUT2D eigenvalue weighted by atomic mass is 9.82. The van der Waals surface area contributed by atoms with Crippen LogP contribution in [0.3, 0.4) is 0 Å². The Hall–Kier alpha value is -0.0400. The summed E-state index contributed by atoms with van der Waals surface area (Å²) in [5.41, 5.74) is 1.18. The molecule has 1 aliphatic heterocycles. The van der Waals surface area contributed by atoms with Crippen molar-refractivity contribution in [3.8, 4) is 0 Å². The lowest BCUT2D eigenvalue weighted by molar-refractivity contribution is 0.187. The summed E-state index contributed by atoms with van der Waals surface area (Å²) in [5.74, 6) is 0. The Morgan fingerprint density at radius 1 is 1.50 bits per heavy atom. The largest absolute Gasteiger partial charge is 0.366 e. The van der Waals surface area contributed by atoms with Gasteiger partial charge >= 0.3 is 0 Å². The molecular weight excluding hydrogens is 124 g/mol. The van der Waals surface area contributed by atoms with E-state index in [0.29, 0.717) is 11.7 Å². The maximum Gasteiger partial charge on any atom is 0.0954 e. The number of ether oxygens (including phenoxy) is 1. The monoisotopic (exact) mass is 138 g/mol. The summed E-state index contributed by atoms with van der Waals surface area (Å²) in [6.45, 7) is 2.34. The van der Waals surface area contributed by atoms with E-state index in [1.54, 1.807) is 0 Å². The first-order valence-corrected chi connectivity index (χ1v) is 4.47. The predicted molar refractivity (Wildman–Crippen MR) is 38.8 cm³/mol. The van der Waals surface area contributed by atoms with Crippen molar-refractivity contribution in [2.45, 2.75) is 50.7 Å². The molecule has 3 rings (SSSR count). The highest BCUT2D eigenvalue weighted by Gasteiger charge is 2.70. The fraction of sp³-hybridized carbons (Fsp3) is 1.00. The first-order valence-electron chi connectivity index (χ1n) is 4.47. The zero-order valence-electron chi connectivity index (χ0n) is 6.52. The highest BCUT2D eigenvalue weighted by Crippen LogP contribution is 2.68. The molecule has 10 heavy (non-hydrogen) atoms. The summed E-state index contributed by atoms with van der Waals surface area (Å²) in [7, 11) is 0. The van der Waals surface area contributed by atoms with Crippen LogP contribution in [0.5, 0.6) is 0 Å². The molecular formula is C9H14O. The molecule has 3 fully saturated rings. The Kier molecular flexibility index (Phi) is 0.722. The van der Waals surface area contributed by atoms with Crippen molar-refractivity contribution >= 4 is 0 Å². The second kappa shape index (κ2) is 1.29. The molecule has 1 spiro atoms. The van der Waals surface area contributed by atoms with Crippen molar-refractivity contribution in [3.63, 3.8) is 0 Å². The van der Waals surface area contributed by atoms with Gasteiger partial charge in [-0.15, -0.1) is 0 Å². The van der Waals surface area contributed by atoms with Gasteiger partial charge in [-0.2, -0.15) is 0 Å². The van der Waals surface area contributed by atoms with E-state index in [1.807, 2.05) is 0 Å². The number of hydrogen-bond donors (Lipinski definition) is 0. The third kappa shape index (κ3) is 0.430. The minimum absolute atomic E-state index is 0.440. The van der Waals surface area contributed by atoms with Gasteiger partial charge in [-0.05, 0) is 31.1 Å². The molecule has 2 bridgehead atoms. The van der Waals surface area contributed by atoms with Gasteiger partial charge in [0, 0.05) is 0 Å². The van der Waals surface area contributed by atoms with Crippen LogP contribution < -0.4 is 0 Å². The fourth-order valence-electron chi connectivity index (χ4n) is 3.15. The first kappa shape index (κ1) is 5.59. The molecule has 3 aliphatic rings. The van der Waals surface area contributed by atoms with Crippen LogP contribution in [0.2, 0.25) is 0 Å². The summed E-state index contributed by atoms with van der Waals surface area (Å²) in [5, 5.41) is 0. The lowest BCUT2D eigenvalue weighted by Gasteiger charge is -2.23. The number of epoxide rings is 1. The van der Waals surface area contributed by atoms with Crippen LogP contribution in [0.25, 0.3) is 0 Å². The van der Waals surface area contributed by atoms with Crippen molar-refractivity contribution in [3.05, 3.63) is 0 Å². The van der Waals surface area contributed by atoms with Crippen LogP contribution >= 0.6 is 0 Å². The van der Waals surface area contributed by atoms with Crippen molar-refractivity contribution in [2.75, 3.05) is 0 Å². The Bertz CT molecular complexity index is 189. The maximum absolute atomic E-state index is 5.66. The summed E-state index contributed by atoms with van der Waals surface area (Å²) in [6.07, 6.45) is 7.66. The third-order valence-corrected chi connectivity index (χ3v) is 4.03. The van der Waals surface area contributed by atoms with Gasteiger partial charge in [-0.3, -0.25) is 0 Å². The lowest BCUT2D eigenvalue weighted by Crippen LogP contribution is -2.14. The maximum atomic E-state index is 5.66. The van der Waals surface area contributed by atoms with Gasteiger partial charge in [-0.1, -0.05) is 13.3 Å². The molecule has 3 unspecified atom stereocenters. The molecule has 0 amide bonds. The molecule has 3 atom stereocenters. The summed E-state index contributed by atoms with van der Waals surface area (Å²) < 4.78 is 5.66. The van der Waals surface area contributed by atoms with Crippen LogP contribution in [0.4, 0.5) is 0 Å². The molecule has 1 heterocycles. The second-order valence-electron chi connectivity index (χ2n) is 4.41. The van der Waals surface area contributed by atoms with E-state index >= 15 is 0 Å². The zero-order chi connectivity index (χ0) is 6.82. The summed E-state index contributed by atoms with van der Waals surface area (Å²) in [6, 6.07) is 0. The zero-order valence-corrected chi connectivity index (χ0v) is 6.52. The van der Waals surface area contributed by atoms with Crippen LogP contribution in [0, 0.1) is 5.41 Å². The van der Waals surface area contributed by atoms with E-state index < -0.39 is 0 Å². The van der Waals surface area contributed by atoms with Crippen molar-refractivity contribution in [1.82, 2.24) is 0 Å². The second-order valence-corrected chi connectivity index (χ2v) is 4.41. The van der Waals surface area contributed by atoms with E-state index in [1.165, 1.54) is 32.1 Å². The van der Waals surface area contributed by atoms with Crippen LogP contribution in [0.15, 0.2) is 0 Å². The van der Waals surface area contributed by atoms with Crippen LogP contribution in [0.1, 0.15) is 39.0 Å². The fourth-order valence-corrected chi connectivity index (χ4v) is 3.15. The van der Waals surface area contributed by atoms with E-state index in [0.717, 1.165) is 5.41 Å². The molecule has 1 nitrogen and oxygen atoms in total. The molecule has 2 aliphatic carbocycles. The molecule has 0 radical (unpaired) electrons. The normalized spacial score (nSPS) is 62.7. The average Bonchev–Trinajstić information content (AvgIpc) is 2.37. The first-order chi connectivity index (χ1) is 4.79. The molecule has 2 saturated carbocycles. The van der Waals surface area contributed by atoms with Gasteiger partial charge in [0.2, 0.25) is 0 Å². The highest BCUT2D eigenvalue weighted by atomic mass is 16.6. The Morgan fingerprint density at radius 2 is 2.40 bits per heavy atom. The third-order valence-electron chi connectivity index (χ3n) is 4.03. The molecule has 56 valence electrons. The SMILES string of the molecule is CCC12CCC3(C1)OC3C2. The van der Waals surface area contributed by atoms with Crippen molar-refractivity contribution in [2.24, 2.45) is 5.41 Å². The average molecular weight is 138 g/mol. The molecule has 1 saturated heterocycles. The summed E-state index contributed by atoms with van der Waals surface area (Å²) >= 11 is 0. The van der Waals surface area contributed by atoms with Crippen molar-refractivity contribution in [1.29, 1.82) is 0 Å². The van der Waals surface area contributed by atoms with E-state index in [-0.39, 0.29) is 0 Å². The van der Waals surface area contributed by atoms with Crippen LogP contribution in [-0.2, 0) is 4.74 Å². The highest BCUT2D eigenvalue weighted by molar-refractivity contribution is 5.19. The topological polar surface area (TPSA) is 12.5 Å². The van der Waals surface area contributed by atoms with Gasteiger partial charge in [0.15, 0.2) is 0 Å². The Morgan fingerprint density at radius 3 is 2.80 bits per heavy atom. The van der Waals surface area contributed by atoms with Crippen molar-refractivity contribution < 1.29 is 4.74 Å². The van der Waals surface area contributed by atoms with Crippen LogP contribution in [-0.4, -0.2) is 11.7 Å². The molecule has 0 aromatic rings. The van der Waals surface area contributed by atoms with E-state index in [2.05, 4.69) is 6.92 Å². The number of fused-ring (bicyclic) bond motifs is 1. The Balaban J connectivity index is 1.96. The minimum atomic E-state index is 0.440. The molecule has 0 aromatic carbocycles. The van der Waals surface area contributed by atoms with Gasteiger partial charge in [0.25, 0.3) is 0 Å². The number of rotatable bonds is 1. The number of hydrogen-bond acceptors (Lipinski definition) is 1. The Labute approximate surface area is 61.8 Å². The van der Waals surface area contributed by atoms with Gasteiger partial charge < -0.3 is 4.74 Å². The predicted octanol–water partition coefficient (Wildman–Crippen LogP) is 2.11. The minimum Gasteiger partial charge on any atom is -0.366 e. The smallest absolute Gasteiger partial charge is 0.0954 e. The van der Waals surface area contributed by atoms with E-state index in [4.69, 9.17) is 4.74 Å². The summed E-state index contributed by atoms with van der Waals surface area (Å²) in [4.78, 5) is 0. The standard InChI is InChI=1S/C9H14O/c1-2-8-3-4-9(6-8)7(5-8)10-9/h7H,2-6H2,1H3. The molecule has 0 N–H and O–H groups in total. The van der Waals surface area contributed by atoms with Gasteiger partial charge in [-0.25, -0.2) is 0 Å². The van der Waals surface area contributed by atoms with E-state index in [9.17, 15) is 0 Å². The quantitative estimate of drug-likeness (QED) is 0.505.